The lowest BCUT2D eigenvalue weighted by molar-refractivity contribution is 0.541. The number of aromatic nitrogens is 3. The van der Waals surface area contributed by atoms with Crippen LogP contribution < -0.4 is 0 Å². The number of hydrogen-bond donors (Lipinski definition) is 0. The Labute approximate surface area is 103 Å². The van der Waals surface area contributed by atoms with Gasteiger partial charge in [0.05, 0.1) is 0 Å². The molecule has 0 aliphatic rings. The second-order valence-corrected chi connectivity index (χ2v) is 6.64. The van der Waals surface area contributed by atoms with Gasteiger partial charge in [-0.25, -0.2) is 9.97 Å². The van der Waals surface area contributed by atoms with E-state index in [1.54, 1.807) is 0 Å². The normalized spacial score (nSPS) is 13.3. The van der Waals surface area contributed by atoms with Crippen molar-refractivity contribution in [1.82, 2.24) is 14.4 Å². The third-order valence-corrected chi connectivity index (χ3v) is 2.88. The van der Waals surface area contributed by atoms with Crippen LogP contribution in [0.1, 0.15) is 52.9 Å². The zero-order valence-corrected chi connectivity index (χ0v) is 11.6. The smallest absolute Gasteiger partial charge is 0.143 e. The molecule has 2 aromatic rings. The average Bonchev–Trinajstić information content (AvgIpc) is 2.57. The van der Waals surface area contributed by atoms with Gasteiger partial charge >= 0.3 is 0 Å². The third-order valence-electron chi connectivity index (χ3n) is 2.88. The maximum absolute atomic E-state index is 4.72. The molecule has 2 aromatic heterocycles. The summed E-state index contributed by atoms with van der Waals surface area (Å²) in [7, 11) is 0. The van der Waals surface area contributed by atoms with E-state index in [2.05, 4.69) is 52.6 Å². The van der Waals surface area contributed by atoms with E-state index in [0.717, 1.165) is 11.5 Å². The minimum absolute atomic E-state index is 0.0127. The fourth-order valence-electron chi connectivity index (χ4n) is 1.84. The van der Waals surface area contributed by atoms with Gasteiger partial charge in [-0.3, -0.25) is 4.40 Å². The van der Waals surface area contributed by atoms with Crippen LogP contribution in [0.4, 0.5) is 0 Å². The fraction of sp³-hybridized carbons (Fsp3) is 0.571. The molecule has 0 fully saturated rings. The zero-order valence-electron chi connectivity index (χ0n) is 11.6. The van der Waals surface area contributed by atoms with Crippen molar-refractivity contribution in [3.63, 3.8) is 0 Å². The Morgan fingerprint density at radius 2 is 1.65 bits per heavy atom. The molecule has 0 bridgehead atoms. The Balaban J connectivity index is 2.67. The van der Waals surface area contributed by atoms with Gasteiger partial charge in [0, 0.05) is 17.2 Å². The molecule has 0 unspecified atom stereocenters. The maximum atomic E-state index is 4.72. The first-order valence-corrected chi connectivity index (χ1v) is 6.04. The molecule has 0 radical (unpaired) electrons. The number of rotatable bonds is 0. The molecule has 0 spiro atoms. The molecule has 2 rings (SSSR count). The molecule has 0 atom stereocenters. The first-order chi connectivity index (χ1) is 7.69. The van der Waals surface area contributed by atoms with Crippen molar-refractivity contribution in [3.05, 3.63) is 30.0 Å². The largest absolute Gasteiger partial charge is 0.292 e. The SMILES string of the molecule is CC(C)(C)c1ncn2ccc(C(C)(C)C)c2n1. The zero-order chi connectivity index (χ0) is 12.8. The summed E-state index contributed by atoms with van der Waals surface area (Å²) >= 11 is 0. The monoisotopic (exact) mass is 231 g/mol. The first kappa shape index (κ1) is 12.1. The molecule has 0 amide bonds. The molecule has 0 saturated carbocycles. The predicted molar refractivity (Wildman–Crippen MR) is 70.4 cm³/mol. The highest BCUT2D eigenvalue weighted by Crippen LogP contribution is 2.27. The molecule has 17 heavy (non-hydrogen) atoms. The molecular weight excluding hydrogens is 210 g/mol. The average molecular weight is 231 g/mol. The van der Waals surface area contributed by atoms with Crippen molar-refractivity contribution in [1.29, 1.82) is 0 Å². The summed E-state index contributed by atoms with van der Waals surface area (Å²) < 4.78 is 2.00. The second kappa shape index (κ2) is 3.56. The van der Waals surface area contributed by atoms with Crippen molar-refractivity contribution < 1.29 is 0 Å². The topological polar surface area (TPSA) is 30.2 Å². The van der Waals surface area contributed by atoms with Crippen LogP contribution in [0.3, 0.4) is 0 Å². The van der Waals surface area contributed by atoms with Crippen molar-refractivity contribution in [3.8, 4) is 0 Å². The second-order valence-electron chi connectivity index (χ2n) is 6.64. The van der Waals surface area contributed by atoms with E-state index in [0.29, 0.717) is 0 Å². The summed E-state index contributed by atoms with van der Waals surface area (Å²) in [4.78, 5) is 9.15. The molecule has 3 heteroatoms. The Hall–Kier alpha value is -1.38. The summed E-state index contributed by atoms with van der Waals surface area (Å²) in [6.07, 6.45) is 3.89. The van der Waals surface area contributed by atoms with Gasteiger partial charge in [-0.1, -0.05) is 41.5 Å². The number of hydrogen-bond acceptors (Lipinski definition) is 2. The Bertz CT molecular complexity index is 539. The van der Waals surface area contributed by atoms with E-state index in [-0.39, 0.29) is 10.8 Å². The van der Waals surface area contributed by atoms with Gasteiger partial charge in [0.1, 0.15) is 17.8 Å². The van der Waals surface area contributed by atoms with E-state index >= 15 is 0 Å². The summed E-state index contributed by atoms with van der Waals surface area (Å²) in [5.41, 5.74) is 2.39. The van der Waals surface area contributed by atoms with Gasteiger partial charge in [0.15, 0.2) is 0 Å². The summed E-state index contributed by atoms with van der Waals surface area (Å²) in [5.74, 6) is 0.897. The van der Waals surface area contributed by atoms with E-state index in [4.69, 9.17) is 4.98 Å². The van der Waals surface area contributed by atoms with Crippen LogP contribution in [-0.4, -0.2) is 14.4 Å². The van der Waals surface area contributed by atoms with Gasteiger partial charge in [-0.15, -0.1) is 0 Å². The molecule has 0 aliphatic heterocycles. The van der Waals surface area contributed by atoms with Crippen LogP contribution in [0.15, 0.2) is 18.6 Å². The lowest BCUT2D eigenvalue weighted by atomic mass is 9.88. The van der Waals surface area contributed by atoms with Crippen LogP contribution in [0, 0.1) is 0 Å². The minimum atomic E-state index is -0.0127. The van der Waals surface area contributed by atoms with Crippen LogP contribution in [-0.2, 0) is 10.8 Å². The van der Waals surface area contributed by atoms with Gasteiger partial charge in [0.25, 0.3) is 0 Å². The Kier molecular flexibility index (Phi) is 2.53. The molecule has 0 N–H and O–H groups in total. The Morgan fingerprint density at radius 3 is 2.18 bits per heavy atom. The molecule has 92 valence electrons. The predicted octanol–water partition coefficient (Wildman–Crippen LogP) is 3.32. The fourth-order valence-corrected chi connectivity index (χ4v) is 1.84. The highest BCUT2D eigenvalue weighted by molar-refractivity contribution is 5.52. The maximum Gasteiger partial charge on any atom is 0.143 e. The standard InChI is InChI=1S/C14H21N3/c1-13(2,3)10-7-8-17-9-15-12(14(4,5)6)16-11(10)17/h7-9H,1-6H3. The van der Waals surface area contributed by atoms with Gasteiger partial charge < -0.3 is 0 Å². The van der Waals surface area contributed by atoms with E-state index in [1.165, 1.54) is 5.56 Å². The number of nitrogens with zero attached hydrogens (tertiary/aromatic N) is 3. The van der Waals surface area contributed by atoms with Gasteiger partial charge in [0.2, 0.25) is 0 Å². The highest BCUT2D eigenvalue weighted by Gasteiger charge is 2.22. The van der Waals surface area contributed by atoms with Crippen molar-refractivity contribution >= 4 is 5.65 Å². The highest BCUT2D eigenvalue weighted by atomic mass is 15.1. The lowest BCUT2D eigenvalue weighted by Gasteiger charge is -2.19. The van der Waals surface area contributed by atoms with Crippen LogP contribution in [0.5, 0.6) is 0 Å². The van der Waals surface area contributed by atoms with Crippen molar-refractivity contribution in [2.75, 3.05) is 0 Å². The van der Waals surface area contributed by atoms with Crippen molar-refractivity contribution in [2.24, 2.45) is 0 Å². The molecular formula is C14H21N3. The van der Waals surface area contributed by atoms with Gasteiger partial charge in [-0.2, -0.15) is 0 Å². The molecule has 2 heterocycles. The van der Waals surface area contributed by atoms with Crippen LogP contribution in [0.2, 0.25) is 0 Å². The molecule has 0 saturated heterocycles. The number of fused-ring (bicyclic) bond motifs is 1. The lowest BCUT2D eigenvalue weighted by Crippen LogP contribution is -2.18. The summed E-state index contributed by atoms with van der Waals surface area (Å²) in [5, 5.41) is 0. The minimum Gasteiger partial charge on any atom is -0.292 e. The summed E-state index contributed by atoms with van der Waals surface area (Å²) in [6, 6.07) is 2.14. The van der Waals surface area contributed by atoms with E-state index in [1.807, 2.05) is 16.9 Å². The molecule has 0 aliphatic carbocycles. The Morgan fingerprint density at radius 1 is 1.00 bits per heavy atom. The summed E-state index contributed by atoms with van der Waals surface area (Å²) in [6.45, 7) is 13.0. The first-order valence-electron chi connectivity index (χ1n) is 6.04. The molecule has 0 aromatic carbocycles. The van der Waals surface area contributed by atoms with Crippen molar-refractivity contribution in [2.45, 2.75) is 52.4 Å². The van der Waals surface area contributed by atoms with Gasteiger partial charge in [-0.05, 0) is 11.5 Å². The van der Waals surface area contributed by atoms with Crippen LogP contribution >= 0.6 is 0 Å². The quantitative estimate of drug-likeness (QED) is 0.696. The van der Waals surface area contributed by atoms with E-state index < -0.39 is 0 Å². The van der Waals surface area contributed by atoms with Crippen LogP contribution in [0.25, 0.3) is 5.65 Å². The third kappa shape index (κ3) is 2.19. The van der Waals surface area contributed by atoms with E-state index in [9.17, 15) is 0 Å². The molecule has 3 nitrogen and oxygen atoms in total.